The first-order valence-corrected chi connectivity index (χ1v) is 9.57. The molecule has 0 aromatic rings. The lowest BCUT2D eigenvalue weighted by atomic mass is 9.89. The number of likely N-dealkylation sites (tertiary alicyclic amines) is 1. The quantitative estimate of drug-likeness (QED) is 0.784. The van der Waals surface area contributed by atoms with Crippen LogP contribution in [0.4, 0.5) is 0 Å². The highest BCUT2D eigenvalue weighted by Crippen LogP contribution is 2.44. The van der Waals surface area contributed by atoms with Gasteiger partial charge in [-0.15, -0.1) is 11.8 Å². The van der Waals surface area contributed by atoms with E-state index in [0.29, 0.717) is 31.2 Å². The molecule has 5 nitrogen and oxygen atoms in total. The summed E-state index contributed by atoms with van der Waals surface area (Å²) in [6, 6.07) is 0. The molecular formula is C12H19NO4S2. The van der Waals surface area contributed by atoms with Crippen molar-refractivity contribution in [2.45, 2.75) is 30.1 Å². The van der Waals surface area contributed by atoms with Gasteiger partial charge in [0.2, 0.25) is 5.91 Å². The predicted octanol–water partition coefficient (Wildman–Crippen LogP) is -0.110. The van der Waals surface area contributed by atoms with E-state index in [1.54, 1.807) is 4.90 Å². The number of rotatable bonds is 4. The van der Waals surface area contributed by atoms with Crippen molar-refractivity contribution in [1.29, 1.82) is 0 Å². The summed E-state index contributed by atoms with van der Waals surface area (Å²) < 4.78 is 22.6. The van der Waals surface area contributed by atoms with Crippen LogP contribution in [0.25, 0.3) is 0 Å². The number of thioether (sulfide) groups is 1. The molecule has 2 aliphatic heterocycles. The number of carbonyl (C=O) groups excluding carboxylic acids is 1. The zero-order valence-corrected chi connectivity index (χ0v) is 12.4. The highest BCUT2D eigenvalue weighted by atomic mass is 32.2. The Morgan fingerprint density at radius 3 is 2.53 bits per heavy atom. The number of β-amino-alcohol motifs (C(OH)–C–C–N with tert-alkyl or cyclic N) is 1. The second kappa shape index (κ2) is 4.63. The average Bonchev–Trinajstić information content (AvgIpc) is 3.08. The van der Waals surface area contributed by atoms with Crippen molar-refractivity contribution in [2.24, 2.45) is 5.92 Å². The van der Waals surface area contributed by atoms with E-state index >= 15 is 0 Å². The third-order valence-corrected chi connectivity index (χ3v) is 7.52. The first kappa shape index (κ1) is 13.7. The molecule has 2 saturated heterocycles. The summed E-state index contributed by atoms with van der Waals surface area (Å²) in [4.78, 5) is 13.6. The van der Waals surface area contributed by atoms with Crippen molar-refractivity contribution in [2.75, 3.05) is 30.3 Å². The maximum atomic E-state index is 11.9. The summed E-state index contributed by atoms with van der Waals surface area (Å²) in [7, 11) is -2.86. The van der Waals surface area contributed by atoms with Crippen LogP contribution in [0.2, 0.25) is 0 Å². The predicted molar refractivity (Wildman–Crippen MR) is 73.8 cm³/mol. The molecular weight excluding hydrogens is 286 g/mol. The third kappa shape index (κ3) is 2.92. The fourth-order valence-corrected chi connectivity index (χ4v) is 6.39. The van der Waals surface area contributed by atoms with E-state index in [-0.39, 0.29) is 22.7 Å². The lowest BCUT2D eigenvalue weighted by Crippen LogP contribution is -2.65. The Kier molecular flexibility index (Phi) is 3.34. The minimum absolute atomic E-state index is 0.0274. The minimum atomic E-state index is -2.86. The molecule has 0 bridgehead atoms. The molecule has 3 rings (SSSR count). The van der Waals surface area contributed by atoms with Crippen LogP contribution in [-0.2, 0) is 14.6 Å². The molecule has 7 heteroatoms. The number of hydrogen-bond donors (Lipinski definition) is 1. The lowest BCUT2D eigenvalue weighted by Gasteiger charge is -2.47. The summed E-state index contributed by atoms with van der Waals surface area (Å²) in [5.41, 5.74) is -0.628. The summed E-state index contributed by atoms with van der Waals surface area (Å²) in [6.07, 6.45) is 2.81. The minimum Gasteiger partial charge on any atom is -0.386 e. The van der Waals surface area contributed by atoms with Gasteiger partial charge in [-0.3, -0.25) is 4.79 Å². The maximum absolute atomic E-state index is 11.9. The smallest absolute Gasteiger partial charge is 0.232 e. The number of hydrogen-bond acceptors (Lipinski definition) is 5. The van der Waals surface area contributed by atoms with Crippen LogP contribution in [0.5, 0.6) is 0 Å². The number of aliphatic hydroxyl groups is 1. The van der Waals surface area contributed by atoms with Gasteiger partial charge in [-0.1, -0.05) is 0 Å². The Bertz CT molecular complexity index is 480. The largest absolute Gasteiger partial charge is 0.386 e. The van der Waals surface area contributed by atoms with E-state index in [9.17, 15) is 18.3 Å². The van der Waals surface area contributed by atoms with Crippen molar-refractivity contribution in [3.05, 3.63) is 0 Å². The Balaban J connectivity index is 1.41. The van der Waals surface area contributed by atoms with Crippen LogP contribution in [0.3, 0.4) is 0 Å². The molecule has 0 radical (unpaired) electrons. The van der Waals surface area contributed by atoms with Gasteiger partial charge < -0.3 is 10.0 Å². The molecule has 3 fully saturated rings. The van der Waals surface area contributed by atoms with Gasteiger partial charge in [0.15, 0.2) is 9.84 Å². The van der Waals surface area contributed by atoms with E-state index in [4.69, 9.17) is 0 Å². The summed E-state index contributed by atoms with van der Waals surface area (Å²) >= 11 is 1.44. The number of amides is 1. The van der Waals surface area contributed by atoms with Crippen LogP contribution >= 0.6 is 11.8 Å². The van der Waals surface area contributed by atoms with Crippen LogP contribution < -0.4 is 0 Å². The van der Waals surface area contributed by atoms with Gasteiger partial charge in [0.1, 0.15) is 5.60 Å². The molecule has 19 heavy (non-hydrogen) atoms. The van der Waals surface area contributed by atoms with E-state index < -0.39 is 15.4 Å². The van der Waals surface area contributed by atoms with E-state index in [1.807, 2.05) is 0 Å². The summed E-state index contributed by atoms with van der Waals surface area (Å²) in [5, 5.41) is 10.2. The van der Waals surface area contributed by atoms with Gasteiger partial charge in [0.25, 0.3) is 0 Å². The van der Waals surface area contributed by atoms with Crippen LogP contribution in [0.1, 0.15) is 19.3 Å². The molecule has 108 valence electrons. The normalized spacial score (nSPS) is 32.1. The van der Waals surface area contributed by atoms with Gasteiger partial charge in [0, 0.05) is 5.25 Å². The van der Waals surface area contributed by atoms with Crippen LogP contribution in [0, 0.1) is 5.92 Å². The molecule has 1 N–H and O–H groups in total. The standard InChI is InChI=1S/C12H19NO4S2/c14-11(5-18-10-3-4-19(16,17)6-10)13-7-12(15,8-13)9-1-2-9/h9-10,15H,1-8H2. The van der Waals surface area contributed by atoms with Gasteiger partial charge in [0.05, 0.1) is 30.3 Å². The third-order valence-electron chi connectivity index (χ3n) is 4.25. The molecule has 2 heterocycles. The Morgan fingerprint density at radius 1 is 1.32 bits per heavy atom. The SMILES string of the molecule is O=C(CSC1CCS(=O)(=O)C1)N1CC(O)(C2CC2)C1. The average molecular weight is 305 g/mol. The molecule has 0 aromatic carbocycles. The zero-order valence-electron chi connectivity index (χ0n) is 10.7. The summed E-state index contributed by atoms with van der Waals surface area (Å²) in [5.74, 6) is 1.21. The molecule has 0 aromatic heterocycles. The van der Waals surface area contributed by atoms with Crippen LogP contribution in [0.15, 0.2) is 0 Å². The molecule has 1 unspecified atom stereocenters. The van der Waals surface area contributed by atoms with Gasteiger partial charge in [-0.2, -0.15) is 0 Å². The number of carbonyl (C=O) groups is 1. The fraction of sp³-hybridized carbons (Fsp3) is 0.917. The Hall–Kier alpha value is -0.270. The zero-order chi connectivity index (χ0) is 13.7. The maximum Gasteiger partial charge on any atom is 0.232 e. The molecule has 3 aliphatic rings. The number of nitrogens with zero attached hydrogens (tertiary/aromatic N) is 1. The van der Waals surface area contributed by atoms with Crippen molar-refractivity contribution in [1.82, 2.24) is 4.90 Å². The monoisotopic (exact) mass is 305 g/mol. The Morgan fingerprint density at radius 2 is 2.00 bits per heavy atom. The van der Waals surface area contributed by atoms with E-state index in [1.165, 1.54) is 11.8 Å². The first-order chi connectivity index (χ1) is 8.88. The highest BCUT2D eigenvalue weighted by molar-refractivity contribution is 8.02. The van der Waals surface area contributed by atoms with Crippen molar-refractivity contribution >= 4 is 27.5 Å². The molecule has 1 aliphatic carbocycles. The van der Waals surface area contributed by atoms with Gasteiger partial charge in [-0.05, 0) is 25.2 Å². The molecule has 1 saturated carbocycles. The van der Waals surface area contributed by atoms with Crippen molar-refractivity contribution in [3.8, 4) is 0 Å². The topological polar surface area (TPSA) is 74.7 Å². The first-order valence-electron chi connectivity index (χ1n) is 6.70. The van der Waals surface area contributed by atoms with Crippen LogP contribution in [-0.4, -0.2) is 65.5 Å². The van der Waals surface area contributed by atoms with E-state index in [0.717, 1.165) is 12.8 Å². The Labute approximate surface area is 117 Å². The highest BCUT2D eigenvalue weighted by Gasteiger charge is 2.53. The van der Waals surface area contributed by atoms with Gasteiger partial charge in [-0.25, -0.2) is 8.42 Å². The van der Waals surface area contributed by atoms with Crippen molar-refractivity contribution in [3.63, 3.8) is 0 Å². The summed E-state index contributed by atoms with van der Waals surface area (Å²) in [6.45, 7) is 0.917. The van der Waals surface area contributed by atoms with Gasteiger partial charge >= 0.3 is 0 Å². The fourth-order valence-electron chi connectivity index (χ4n) is 2.84. The lowest BCUT2D eigenvalue weighted by molar-refractivity contribution is -0.156. The second-order valence-electron chi connectivity index (χ2n) is 5.96. The molecule has 1 amide bonds. The van der Waals surface area contributed by atoms with Crippen molar-refractivity contribution < 1.29 is 18.3 Å². The molecule has 0 spiro atoms. The molecule has 1 atom stereocenters. The van der Waals surface area contributed by atoms with E-state index in [2.05, 4.69) is 0 Å². The second-order valence-corrected chi connectivity index (χ2v) is 9.48. The number of sulfone groups is 1.